The van der Waals surface area contributed by atoms with Crippen LogP contribution < -0.4 is 0 Å². The number of fused-ring (bicyclic) bond motifs is 1. The van der Waals surface area contributed by atoms with Gasteiger partial charge < -0.3 is 0 Å². The molecule has 2 atom stereocenters. The summed E-state index contributed by atoms with van der Waals surface area (Å²) >= 11 is 0. The lowest BCUT2D eigenvalue weighted by atomic mass is 9.85. The van der Waals surface area contributed by atoms with E-state index in [1.54, 1.807) is 0 Å². The highest BCUT2D eigenvalue weighted by Crippen LogP contribution is 2.34. The monoisotopic (exact) mass is 267 g/mol. The summed E-state index contributed by atoms with van der Waals surface area (Å²) in [6.07, 6.45) is 9.25. The summed E-state index contributed by atoms with van der Waals surface area (Å²) in [6.45, 7) is 0.375. The van der Waals surface area contributed by atoms with Crippen LogP contribution in [0.5, 0.6) is 0 Å². The van der Waals surface area contributed by atoms with E-state index >= 15 is 0 Å². The Hall–Kier alpha value is -2.16. The molecule has 3 rings (SSSR count). The van der Waals surface area contributed by atoms with Crippen molar-refractivity contribution < 1.29 is 9.59 Å². The highest BCUT2D eigenvalue weighted by Gasteiger charge is 2.46. The van der Waals surface area contributed by atoms with Gasteiger partial charge in [-0.15, -0.1) is 0 Å². The van der Waals surface area contributed by atoms with Gasteiger partial charge in [0, 0.05) is 6.54 Å². The first-order chi connectivity index (χ1) is 9.77. The standard InChI is InChI=1S/C17H17NO2/c19-16-14-10-4-5-11-15(14)17(20)18(16)12-6-9-13-7-2-1-3-8-13/h1-9,14-15H,10-12H2/b9-6+. The minimum Gasteiger partial charge on any atom is -0.278 e. The van der Waals surface area contributed by atoms with Crippen molar-refractivity contribution >= 4 is 17.9 Å². The second kappa shape index (κ2) is 5.45. The quantitative estimate of drug-likeness (QED) is 0.623. The molecule has 1 aliphatic heterocycles. The van der Waals surface area contributed by atoms with Crippen molar-refractivity contribution in [2.75, 3.05) is 6.54 Å². The van der Waals surface area contributed by atoms with Crippen LogP contribution in [0.15, 0.2) is 48.6 Å². The van der Waals surface area contributed by atoms with Gasteiger partial charge in [-0.05, 0) is 18.4 Å². The smallest absolute Gasteiger partial charge is 0.233 e. The Morgan fingerprint density at radius 1 is 1.00 bits per heavy atom. The molecule has 1 aromatic rings. The average molecular weight is 267 g/mol. The summed E-state index contributed by atoms with van der Waals surface area (Å²) in [5.41, 5.74) is 1.07. The number of rotatable bonds is 3. The van der Waals surface area contributed by atoms with Crippen molar-refractivity contribution in [1.29, 1.82) is 0 Å². The van der Waals surface area contributed by atoms with Crippen LogP contribution in [0.3, 0.4) is 0 Å². The molecular formula is C17H17NO2. The van der Waals surface area contributed by atoms with E-state index < -0.39 is 0 Å². The van der Waals surface area contributed by atoms with Crippen molar-refractivity contribution in [2.45, 2.75) is 12.8 Å². The molecule has 0 radical (unpaired) electrons. The van der Waals surface area contributed by atoms with Crippen LogP contribution in [0, 0.1) is 11.8 Å². The van der Waals surface area contributed by atoms with E-state index in [0.717, 1.165) is 5.56 Å². The Bertz CT molecular complexity index is 548. The zero-order chi connectivity index (χ0) is 13.9. The van der Waals surface area contributed by atoms with Gasteiger partial charge in [0.1, 0.15) is 0 Å². The molecule has 3 heteroatoms. The first-order valence-electron chi connectivity index (χ1n) is 6.99. The predicted molar refractivity (Wildman–Crippen MR) is 77.6 cm³/mol. The first kappa shape index (κ1) is 12.9. The third kappa shape index (κ3) is 2.31. The second-order valence-corrected chi connectivity index (χ2v) is 5.26. The highest BCUT2D eigenvalue weighted by atomic mass is 16.2. The lowest BCUT2D eigenvalue weighted by molar-refractivity contribution is -0.139. The van der Waals surface area contributed by atoms with Crippen LogP contribution in [-0.2, 0) is 9.59 Å². The third-order valence-electron chi connectivity index (χ3n) is 4.00. The molecule has 0 aromatic heterocycles. The molecule has 2 aliphatic rings. The number of likely N-dealkylation sites (tertiary alicyclic amines) is 1. The molecule has 0 saturated carbocycles. The summed E-state index contributed by atoms with van der Waals surface area (Å²) in [7, 11) is 0. The molecular weight excluding hydrogens is 250 g/mol. The maximum Gasteiger partial charge on any atom is 0.233 e. The molecule has 1 aliphatic carbocycles. The number of carbonyl (C=O) groups is 2. The van der Waals surface area contributed by atoms with Gasteiger partial charge in [-0.1, -0.05) is 54.6 Å². The number of imide groups is 1. The maximum atomic E-state index is 12.2. The molecule has 3 nitrogen and oxygen atoms in total. The summed E-state index contributed by atoms with van der Waals surface area (Å²) < 4.78 is 0. The molecule has 1 heterocycles. The normalized spacial score (nSPS) is 25.5. The topological polar surface area (TPSA) is 37.4 Å². The molecule has 102 valence electrons. The van der Waals surface area contributed by atoms with Crippen LogP contribution >= 0.6 is 0 Å². The van der Waals surface area contributed by atoms with E-state index in [1.165, 1.54) is 4.90 Å². The zero-order valence-corrected chi connectivity index (χ0v) is 11.2. The zero-order valence-electron chi connectivity index (χ0n) is 11.2. The number of carbonyl (C=O) groups excluding carboxylic acids is 2. The summed E-state index contributed by atoms with van der Waals surface area (Å²) in [5, 5.41) is 0. The molecule has 1 saturated heterocycles. The minimum atomic E-state index is -0.127. The molecule has 2 unspecified atom stereocenters. The average Bonchev–Trinajstić information content (AvgIpc) is 2.74. The van der Waals surface area contributed by atoms with Gasteiger partial charge >= 0.3 is 0 Å². The van der Waals surface area contributed by atoms with Crippen molar-refractivity contribution in [3.05, 3.63) is 54.1 Å². The first-order valence-corrected chi connectivity index (χ1v) is 6.99. The van der Waals surface area contributed by atoms with E-state index in [9.17, 15) is 9.59 Å². The van der Waals surface area contributed by atoms with Gasteiger partial charge in [-0.25, -0.2) is 0 Å². The van der Waals surface area contributed by atoms with Gasteiger partial charge in [-0.2, -0.15) is 0 Å². The fraction of sp³-hybridized carbons (Fsp3) is 0.294. The van der Waals surface area contributed by atoms with Crippen molar-refractivity contribution in [3.8, 4) is 0 Å². The Labute approximate surface area is 118 Å². The fourth-order valence-corrected chi connectivity index (χ4v) is 2.91. The van der Waals surface area contributed by atoms with Crippen molar-refractivity contribution in [3.63, 3.8) is 0 Å². The molecule has 2 amide bonds. The van der Waals surface area contributed by atoms with Gasteiger partial charge in [0.2, 0.25) is 11.8 Å². The van der Waals surface area contributed by atoms with Gasteiger partial charge in [0.15, 0.2) is 0 Å². The largest absolute Gasteiger partial charge is 0.278 e. The SMILES string of the molecule is O=C1C2CC=CCC2C(=O)N1C/C=C/c1ccccc1. The Morgan fingerprint density at radius 2 is 1.60 bits per heavy atom. The van der Waals surface area contributed by atoms with Gasteiger partial charge in [0.05, 0.1) is 11.8 Å². The van der Waals surface area contributed by atoms with Crippen LogP contribution in [-0.4, -0.2) is 23.3 Å². The number of benzene rings is 1. The number of amides is 2. The van der Waals surface area contributed by atoms with Crippen LogP contribution in [0.25, 0.3) is 6.08 Å². The van der Waals surface area contributed by atoms with E-state index in [1.807, 2.05) is 54.6 Å². The van der Waals surface area contributed by atoms with Crippen LogP contribution in [0.1, 0.15) is 18.4 Å². The summed E-state index contributed by atoms with van der Waals surface area (Å²) in [5.74, 6) is -0.278. The molecule has 0 spiro atoms. The summed E-state index contributed by atoms with van der Waals surface area (Å²) in [6, 6.07) is 9.88. The third-order valence-corrected chi connectivity index (χ3v) is 4.00. The molecule has 1 aromatic carbocycles. The fourth-order valence-electron chi connectivity index (χ4n) is 2.91. The molecule has 20 heavy (non-hydrogen) atoms. The number of allylic oxidation sites excluding steroid dienone is 2. The second-order valence-electron chi connectivity index (χ2n) is 5.26. The lowest BCUT2D eigenvalue weighted by Crippen LogP contribution is -2.31. The van der Waals surface area contributed by atoms with Crippen molar-refractivity contribution in [1.82, 2.24) is 4.90 Å². The number of hydrogen-bond acceptors (Lipinski definition) is 2. The molecule has 0 N–H and O–H groups in total. The Morgan fingerprint density at radius 3 is 2.20 bits per heavy atom. The molecule has 0 bridgehead atoms. The summed E-state index contributed by atoms with van der Waals surface area (Å²) in [4.78, 5) is 25.9. The Balaban J connectivity index is 1.68. The van der Waals surface area contributed by atoms with E-state index in [-0.39, 0.29) is 23.7 Å². The Kier molecular flexibility index (Phi) is 3.50. The van der Waals surface area contributed by atoms with Crippen molar-refractivity contribution in [2.24, 2.45) is 11.8 Å². The van der Waals surface area contributed by atoms with Gasteiger partial charge in [-0.3, -0.25) is 14.5 Å². The number of hydrogen-bond donors (Lipinski definition) is 0. The maximum absolute atomic E-state index is 12.2. The lowest BCUT2D eigenvalue weighted by Gasteiger charge is -2.14. The predicted octanol–water partition coefficient (Wildman–Crippen LogP) is 2.65. The number of nitrogens with zero attached hydrogens (tertiary/aromatic N) is 1. The minimum absolute atomic E-state index is 0.0120. The van der Waals surface area contributed by atoms with Gasteiger partial charge in [0.25, 0.3) is 0 Å². The van der Waals surface area contributed by atoms with E-state index in [2.05, 4.69) is 0 Å². The van der Waals surface area contributed by atoms with E-state index in [0.29, 0.717) is 19.4 Å². The highest BCUT2D eigenvalue weighted by molar-refractivity contribution is 6.05. The van der Waals surface area contributed by atoms with Crippen LogP contribution in [0.4, 0.5) is 0 Å². The van der Waals surface area contributed by atoms with E-state index in [4.69, 9.17) is 0 Å². The molecule has 1 fully saturated rings. The van der Waals surface area contributed by atoms with Crippen LogP contribution in [0.2, 0.25) is 0 Å².